The summed E-state index contributed by atoms with van der Waals surface area (Å²) in [5.74, 6) is 0. The van der Waals surface area contributed by atoms with Crippen LogP contribution in [0.1, 0.15) is 12.8 Å². The highest BCUT2D eigenvalue weighted by molar-refractivity contribution is 4.32. The van der Waals surface area contributed by atoms with Crippen molar-refractivity contribution in [3.63, 3.8) is 0 Å². The first-order valence-corrected chi connectivity index (χ1v) is 3.63. The second kappa shape index (κ2) is 3.87. The SMILES string of the molecule is C1C[NH2+]CCC[NH2+]C1. The highest BCUT2D eigenvalue weighted by atomic mass is 14.9. The lowest BCUT2D eigenvalue weighted by molar-refractivity contribution is -0.705. The van der Waals surface area contributed by atoms with E-state index in [1.807, 2.05) is 0 Å². The first-order chi connectivity index (χ1) is 4.00. The lowest BCUT2D eigenvalue weighted by atomic mass is 10.3. The maximum atomic E-state index is 2.42. The molecule has 0 aromatic carbocycles. The average molecular weight is 116 g/mol. The van der Waals surface area contributed by atoms with Gasteiger partial charge in [0.2, 0.25) is 0 Å². The lowest BCUT2D eigenvalue weighted by Gasteiger charge is -2.05. The maximum absolute atomic E-state index is 2.42. The van der Waals surface area contributed by atoms with Gasteiger partial charge in [-0.25, -0.2) is 0 Å². The highest BCUT2D eigenvalue weighted by Gasteiger charge is 1.98. The van der Waals surface area contributed by atoms with E-state index in [1.54, 1.807) is 0 Å². The molecule has 1 fully saturated rings. The zero-order chi connectivity index (χ0) is 5.66. The summed E-state index contributed by atoms with van der Waals surface area (Å²) in [5, 5.41) is 4.85. The fourth-order valence-corrected chi connectivity index (χ4v) is 1.10. The number of nitrogens with two attached hydrogens (primary N) is 2. The van der Waals surface area contributed by atoms with E-state index in [1.165, 1.54) is 39.0 Å². The Kier molecular flexibility index (Phi) is 2.92. The van der Waals surface area contributed by atoms with Gasteiger partial charge in [0.05, 0.1) is 26.2 Å². The van der Waals surface area contributed by atoms with Crippen molar-refractivity contribution in [1.29, 1.82) is 0 Å². The minimum absolute atomic E-state index is 1.34. The number of quaternary nitrogens is 2. The molecule has 1 saturated heterocycles. The predicted octanol–water partition coefficient (Wildman–Crippen LogP) is -2.09. The minimum atomic E-state index is 1.34. The summed E-state index contributed by atoms with van der Waals surface area (Å²) in [4.78, 5) is 0. The third kappa shape index (κ3) is 2.28. The van der Waals surface area contributed by atoms with Gasteiger partial charge in [-0.3, -0.25) is 0 Å². The normalized spacial score (nSPS) is 24.0. The quantitative estimate of drug-likeness (QED) is 0.364. The van der Waals surface area contributed by atoms with Crippen molar-refractivity contribution < 1.29 is 10.6 Å². The Morgan fingerprint density at radius 1 is 0.625 bits per heavy atom. The Balaban J connectivity index is 2.00. The molecule has 1 aliphatic heterocycles. The molecule has 0 amide bonds. The van der Waals surface area contributed by atoms with Crippen LogP contribution in [0.15, 0.2) is 0 Å². The molecule has 0 aromatic rings. The highest BCUT2D eigenvalue weighted by Crippen LogP contribution is 1.67. The van der Waals surface area contributed by atoms with Crippen molar-refractivity contribution in [2.75, 3.05) is 26.2 Å². The first-order valence-electron chi connectivity index (χ1n) is 3.63. The maximum Gasteiger partial charge on any atom is 0.0809 e. The third-order valence-corrected chi connectivity index (χ3v) is 1.63. The fraction of sp³-hybridized carbons (Fsp3) is 1.00. The zero-order valence-corrected chi connectivity index (χ0v) is 5.40. The summed E-state index contributed by atoms with van der Waals surface area (Å²) >= 11 is 0. The minimum Gasteiger partial charge on any atom is -0.346 e. The molecule has 0 saturated carbocycles. The summed E-state index contributed by atoms with van der Waals surface area (Å²) in [7, 11) is 0. The standard InChI is InChI=1S/C6H14N2/c1-3-7-5-2-6-8-4-1/h7-8H,1-6H2/p+2. The molecule has 0 unspecified atom stereocenters. The molecule has 48 valence electrons. The second-order valence-corrected chi connectivity index (χ2v) is 2.44. The van der Waals surface area contributed by atoms with Crippen LogP contribution < -0.4 is 10.6 Å². The van der Waals surface area contributed by atoms with Gasteiger partial charge in [0.1, 0.15) is 0 Å². The molecule has 4 N–H and O–H groups in total. The molecule has 8 heavy (non-hydrogen) atoms. The van der Waals surface area contributed by atoms with Gasteiger partial charge < -0.3 is 10.6 Å². The molecule has 0 aromatic heterocycles. The van der Waals surface area contributed by atoms with E-state index >= 15 is 0 Å². The van der Waals surface area contributed by atoms with Crippen molar-refractivity contribution in [2.24, 2.45) is 0 Å². The van der Waals surface area contributed by atoms with Crippen molar-refractivity contribution in [2.45, 2.75) is 12.8 Å². The summed E-state index contributed by atoms with van der Waals surface area (Å²) in [6.45, 7) is 5.38. The zero-order valence-electron chi connectivity index (χ0n) is 5.40. The second-order valence-electron chi connectivity index (χ2n) is 2.44. The summed E-state index contributed by atoms with van der Waals surface area (Å²) < 4.78 is 0. The van der Waals surface area contributed by atoms with Crippen LogP contribution in [0.3, 0.4) is 0 Å². The summed E-state index contributed by atoms with van der Waals surface area (Å²) in [6.07, 6.45) is 2.78. The van der Waals surface area contributed by atoms with Gasteiger partial charge in [-0.1, -0.05) is 0 Å². The van der Waals surface area contributed by atoms with Gasteiger partial charge in [-0.15, -0.1) is 0 Å². The van der Waals surface area contributed by atoms with Gasteiger partial charge >= 0.3 is 0 Å². The molecule has 1 heterocycles. The van der Waals surface area contributed by atoms with E-state index in [4.69, 9.17) is 0 Å². The van der Waals surface area contributed by atoms with E-state index in [2.05, 4.69) is 10.6 Å². The van der Waals surface area contributed by atoms with Crippen LogP contribution in [-0.2, 0) is 0 Å². The van der Waals surface area contributed by atoms with Crippen LogP contribution in [-0.4, -0.2) is 26.2 Å². The molecular formula is C6H16N2+2. The fourth-order valence-electron chi connectivity index (χ4n) is 1.10. The third-order valence-electron chi connectivity index (χ3n) is 1.63. The first kappa shape index (κ1) is 6.05. The van der Waals surface area contributed by atoms with Gasteiger partial charge in [-0.05, 0) is 0 Å². The van der Waals surface area contributed by atoms with Crippen LogP contribution >= 0.6 is 0 Å². The molecule has 0 radical (unpaired) electrons. The average Bonchev–Trinajstić information content (AvgIpc) is 1.62. The number of rotatable bonds is 0. The summed E-state index contributed by atoms with van der Waals surface area (Å²) in [6, 6.07) is 0. The van der Waals surface area contributed by atoms with Crippen molar-refractivity contribution in [3.05, 3.63) is 0 Å². The van der Waals surface area contributed by atoms with Crippen molar-refractivity contribution in [3.8, 4) is 0 Å². The Morgan fingerprint density at radius 3 is 1.38 bits per heavy atom. The van der Waals surface area contributed by atoms with Gasteiger partial charge in [-0.2, -0.15) is 0 Å². The smallest absolute Gasteiger partial charge is 0.0809 e. The summed E-state index contributed by atoms with van der Waals surface area (Å²) in [5.41, 5.74) is 0. The molecule has 0 spiro atoms. The Bertz CT molecular complexity index is 30.5. The Labute approximate surface area is 50.7 Å². The largest absolute Gasteiger partial charge is 0.346 e. The van der Waals surface area contributed by atoms with E-state index < -0.39 is 0 Å². The molecule has 1 aliphatic rings. The topological polar surface area (TPSA) is 33.2 Å². The Morgan fingerprint density at radius 2 is 1.00 bits per heavy atom. The number of hydrogen-bond acceptors (Lipinski definition) is 0. The van der Waals surface area contributed by atoms with Crippen molar-refractivity contribution >= 4 is 0 Å². The molecule has 2 nitrogen and oxygen atoms in total. The van der Waals surface area contributed by atoms with Crippen LogP contribution in [0, 0.1) is 0 Å². The Hall–Kier alpha value is -0.0800. The lowest BCUT2D eigenvalue weighted by Crippen LogP contribution is -2.92. The molecule has 2 heteroatoms. The molecule has 0 aliphatic carbocycles. The monoisotopic (exact) mass is 116 g/mol. The van der Waals surface area contributed by atoms with Crippen molar-refractivity contribution in [1.82, 2.24) is 0 Å². The predicted molar refractivity (Wildman–Crippen MR) is 32.6 cm³/mol. The van der Waals surface area contributed by atoms with Crippen LogP contribution in [0.5, 0.6) is 0 Å². The number of hydrogen-bond donors (Lipinski definition) is 2. The van der Waals surface area contributed by atoms with E-state index in [0.29, 0.717) is 0 Å². The van der Waals surface area contributed by atoms with Gasteiger partial charge in [0.25, 0.3) is 0 Å². The molecule has 0 atom stereocenters. The van der Waals surface area contributed by atoms with Crippen LogP contribution in [0.2, 0.25) is 0 Å². The van der Waals surface area contributed by atoms with Gasteiger partial charge in [0.15, 0.2) is 0 Å². The van der Waals surface area contributed by atoms with E-state index in [-0.39, 0.29) is 0 Å². The van der Waals surface area contributed by atoms with E-state index in [0.717, 1.165) is 0 Å². The van der Waals surface area contributed by atoms with Crippen LogP contribution in [0.4, 0.5) is 0 Å². The molecular weight excluding hydrogens is 100 g/mol. The van der Waals surface area contributed by atoms with Gasteiger partial charge in [0, 0.05) is 12.8 Å². The molecule has 1 rings (SSSR count). The van der Waals surface area contributed by atoms with E-state index in [9.17, 15) is 0 Å². The molecule has 0 bridgehead atoms. The van der Waals surface area contributed by atoms with Crippen LogP contribution in [0.25, 0.3) is 0 Å².